The Labute approximate surface area is 143 Å². The summed E-state index contributed by atoms with van der Waals surface area (Å²) in [5.74, 6) is 1.75. The summed E-state index contributed by atoms with van der Waals surface area (Å²) >= 11 is 0. The van der Waals surface area contributed by atoms with Gasteiger partial charge in [0.2, 0.25) is 0 Å². The molecule has 0 aliphatic heterocycles. The van der Waals surface area contributed by atoms with Crippen molar-refractivity contribution in [2.75, 3.05) is 13.2 Å². The molecule has 2 rings (SSSR count). The van der Waals surface area contributed by atoms with Gasteiger partial charge in [-0.15, -0.1) is 0 Å². The predicted molar refractivity (Wildman–Crippen MR) is 95.6 cm³/mol. The Morgan fingerprint density at radius 2 is 1.67 bits per heavy atom. The van der Waals surface area contributed by atoms with Crippen LogP contribution in [-0.4, -0.2) is 25.2 Å². The molecule has 0 radical (unpaired) electrons. The van der Waals surface area contributed by atoms with Crippen LogP contribution in [0.25, 0.3) is 0 Å². The molecule has 1 N–H and O–H groups in total. The standard InChI is InChI=1S/C20H25NO3/c1-15(2)18-11-7-8-12-19(18)24-16(3)20(22)21-13-14-23-17-9-5-4-6-10-17/h4-12,15-16H,13-14H2,1-3H3,(H,21,22). The highest BCUT2D eigenvalue weighted by molar-refractivity contribution is 5.80. The van der Waals surface area contributed by atoms with Gasteiger partial charge in [0.25, 0.3) is 5.91 Å². The van der Waals surface area contributed by atoms with Crippen molar-refractivity contribution >= 4 is 5.91 Å². The average molecular weight is 327 g/mol. The number of hydrogen-bond acceptors (Lipinski definition) is 3. The zero-order valence-corrected chi connectivity index (χ0v) is 14.5. The van der Waals surface area contributed by atoms with Crippen molar-refractivity contribution in [3.05, 3.63) is 60.2 Å². The summed E-state index contributed by atoms with van der Waals surface area (Å²) in [5, 5.41) is 2.83. The van der Waals surface area contributed by atoms with Crippen molar-refractivity contribution in [3.8, 4) is 11.5 Å². The first-order valence-electron chi connectivity index (χ1n) is 8.29. The number of carbonyl (C=O) groups is 1. The molecule has 2 aromatic carbocycles. The van der Waals surface area contributed by atoms with Crippen LogP contribution in [0, 0.1) is 0 Å². The van der Waals surface area contributed by atoms with Gasteiger partial charge < -0.3 is 14.8 Å². The fourth-order valence-corrected chi connectivity index (χ4v) is 2.31. The molecule has 1 amide bonds. The van der Waals surface area contributed by atoms with E-state index in [2.05, 4.69) is 19.2 Å². The van der Waals surface area contributed by atoms with Crippen LogP contribution < -0.4 is 14.8 Å². The molecule has 0 aromatic heterocycles. The number of ether oxygens (including phenoxy) is 2. The maximum absolute atomic E-state index is 12.1. The highest BCUT2D eigenvalue weighted by atomic mass is 16.5. The van der Waals surface area contributed by atoms with Crippen LogP contribution >= 0.6 is 0 Å². The van der Waals surface area contributed by atoms with E-state index < -0.39 is 6.10 Å². The van der Waals surface area contributed by atoms with Crippen molar-refractivity contribution in [2.45, 2.75) is 32.8 Å². The fourth-order valence-electron chi connectivity index (χ4n) is 2.31. The van der Waals surface area contributed by atoms with E-state index in [0.29, 0.717) is 19.1 Å². The van der Waals surface area contributed by atoms with Crippen LogP contribution in [0.4, 0.5) is 0 Å². The van der Waals surface area contributed by atoms with Crippen molar-refractivity contribution < 1.29 is 14.3 Å². The van der Waals surface area contributed by atoms with Crippen LogP contribution in [0.2, 0.25) is 0 Å². The van der Waals surface area contributed by atoms with E-state index >= 15 is 0 Å². The highest BCUT2D eigenvalue weighted by Crippen LogP contribution is 2.26. The molecule has 0 aliphatic carbocycles. The molecule has 0 spiro atoms. The average Bonchev–Trinajstić information content (AvgIpc) is 2.59. The summed E-state index contributed by atoms with van der Waals surface area (Å²) in [6, 6.07) is 17.4. The summed E-state index contributed by atoms with van der Waals surface area (Å²) in [4.78, 5) is 12.1. The Morgan fingerprint density at radius 3 is 2.38 bits per heavy atom. The molecule has 0 saturated carbocycles. The number of rotatable bonds is 8. The first-order valence-corrected chi connectivity index (χ1v) is 8.29. The molecule has 0 fully saturated rings. The van der Waals surface area contributed by atoms with E-state index in [1.165, 1.54) is 0 Å². The summed E-state index contributed by atoms with van der Waals surface area (Å²) in [6.45, 7) is 6.82. The van der Waals surface area contributed by atoms with Crippen LogP contribution in [0.15, 0.2) is 54.6 Å². The topological polar surface area (TPSA) is 47.6 Å². The number of para-hydroxylation sites is 2. The molecule has 0 heterocycles. The van der Waals surface area contributed by atoms with E-state index in [9.17, 15) is 4.79 Å². The second-order valence-electron chi connectivity index (χ2n) is 5.91. The maximum atomic E-state index is 12.1. The second-order valence-corrected chi connectivity index (χ2v) is 5.91. The van der Waals surface area contributed by atoms with Crippen molar-refractivity contribution in [1.82, 2.24) is 5.32 Å². The van der Waals surface area contributed by atoms with Gasteiger partial charge in [-0.3, -0.25) is 4.79 Å². The first kappa shape index (κ1) is 17.9. The molecule has 4 nitrogen and oxygen atoms in total. The molecule has 2 aromatic rings. The zero-order chi connectivity index (χ0) is 17.4. The van der Waals surface area contributed by atoms with Gasteiger partial charge in [0.1, 0.15) is 18.1 Å². The predicted octanol–water partition coefficient (Wildman–Crippen LogP) is 3.77. The van der Waals surface area contributed by atoms with Crippen molar-refractivity contribution in [3.63, 3.8) is 0 Å². The van der Waals surface area contributed by atoms with E-state index in [0.717, 1.165) is 17.1 Å². The summed E-state index contributed by atoms with van der Waals surface area (Å²) < 4.78 is 11.4. The minimum atomic E-state index is -0.554. The monoisotopic (exact) mass is 327 g/mol. The molecule has 1 unspecified atom stereocenters. The summed E-state index contributed by atoms with van der Waals surface area (Å²) in [7, 11) is 0. The SMILES string of the molecule is CC(Oc1ccccc1C(C)C)C(=O)NCCOc1ccccc1. The van der Waals surface area contributed by atoms with Crippen LogP contribution in [-0.2, 0) is 4.79 Å². The Morgan fingerprint density at radius 1 is 1.00 bits per heavy atom. The number of carbonyl (C=O) groups excluding carboxylic acids is 1. The third-order valence-electron chi connectivity index (χ3n) is 3.63. The number of nitrogens with one attached hydrogen (secondary N) is 1. The molecule has 24 heavy (non-hydrogen) atoms. The van der Waals surface area contributed by atoms with E-state index in [-0.39, 0.29) is 5.91 Å². The number of hydrogen-bond donors (Lipinski definition) is 1. The summed E-state index contributed by atoms with van der Waals surface area (Å²) in [5.41, 5.74) is 1.10. The Hall–Kier alpha value is -2.49. The number of benzene rings is 2. The molecular weight excluding hydrogens is 302 g/mol. The van der Waals surface area contributed by atoms with Crippen molar-refractivity contribution in [2.24, 2.45) is 0 Å². The minimum Gasteiger partial charge on any atom is -0.492 e. The van der Waals surface area contributed by atoms with Gasteiger partial charge >= 0.3 is 0 Å². The Kier molecular flexibility index (Phi) is 6.67. The van der Waals surface area contributed by atoms with Gasteiger partial charge in [-0.2, -0.15) is 0 Å². The van der Waals surface area contributed by atoms with E-state index in [1.54, 1.807) is 6.92 Å². The lowest BCUT2D eigenvalue weighted by molar-refractivity contribution is -0.127. The van der Waals surface area contributed by atoms with Gasteiger partial charge in [0, 0.05) is 0 Å². The lowest BCUT2D eigenvalue weighted by Crippen LogP contribution is -2.38. The van der Waals surface area contributed by atoms with Gasteiger partial charge in [-0.05, 0) is 36.6 Å². The Bertz CT molecular complexity index is 640. The normalized spacial score (nSPS) is 11.8. The number of amides is 1. The smallest absolute Gasteiger partial charge is 0.260 e. The fraction of sp³-hybridized carbons (Fsp3) is 0.350. The lowest BCUT2D eigenvalue weighted by Gasteiger charge is -2.18. The van der Waals surface area contributed by atoms with E-state index in [4.69, 9.17) is 9.47 Å². The van der Waals surface area contributed by atoms with Crippen molar-refractivity contribution in [1.29, 1.82) is 0 Å². The Balaban J connectivity index is 1.78. The molecule has 0 bridgehead atoms. The molecule has 0 aliphatic rings. The van der Waals surface area contributed by atoms with Gasteiger partial charge in [0.15, 0.2) is 6.10 Å². The quantitative estimate of drug-likeness (QED) is 0.751. The van der Waals surface area contributed by atoms with Crippen LogP contribution in [0.1, 0.15) is 32.3 Å². The van der Waals surface area contributed by atoms with Gasteiger partial charge in [-0.25, -0.2) is 0 Å². The largest absolute Gasteiger partial charge is 0.492 e. The molecular formula is C20H25NO3. The lowest BCUT2D eigenvalue weighted by atomic mass is 10.0. The summed E-state index contributed by atoms with van der Waals surface area (Å²) in [6.07, 6.45) is -0.554. The minimum absolute atomic E-state index is 0.148. The third-order valence-corrected chi connectivity index (χ3v) is 3.63. The van der Waals surface area contributed by atoms with Gasteiger partial charge in [-0.1, -0.05) is 50.2 Å². The maximum Gasteiger partial charge on any atom is 0.260 e. The molecule has 1 atom stereocenters. The molecule has 0 saturated heterocycles. The van der Waals surface area contributed by atoms with Crippen LogP contribution in [0.5, 0.6) is 11.5 Å². The highest BCUT2D eigenvalue weighted by Gasteiger charge is 2.16. The first-order chi connectivity index (χ1) is 11.6. The van der Waals surface area contributed by atoms with Crippen LogP contribution in [0.3, 0.4) is 0 Å². The van der Waals surface area contributed by atoms with E-state index in [1.807, 2.05) is 54.6 Å². The van der Waals surface area contributed by atoms with Gasteiger partial charge in [0.05, 0.1) is 6.54 Å². The molecule has 128 valence electrons. The third kappa shape index (κ3) is 5.30. The zero-order valence-electron chi connectivity index (χ0n) is 14.5. The second kappa shape index (κ2) is 8.96. The molecule has 4 heteroatoms.